The van der Waals surface area contributed by atoms with Crippen LogP contribution in [0.2, 0.25) is 0 Å². The molecule has 25 heavy (non-hydrogen) atoms. The van der Waals surface area contributed by atoms with Gasteiger partial charge in [-0.3, -0.25) is 0 Å². The molecule has 8 heteroatoms. The van der Waals surface area contributed by atoms with Crippen molar-refractivity contribution in [1.82, 2.24) is 10.3 Å². The van der Waals surface area contributed by atoms with Crippen molar-refractivity contribution in [2.75, 3.05) is 19.4 Å². The predicted octanol–water partition coefficient (Wildman–Crippen LogP) is 1.86. The number of aromatic carboxylic acids is 1. The predicted molar refractivity (Wildman–Crippen MR) is 101 cm³/mol. The fourth-order valence-corrected chi connectivity index (χ4v) is 2.80. The number of H-pyrrole nitrogens is 1. The second kappa shape index (κ2) is 9.10. The molecule has 0 radical (unpaired) electrons. The number of carbonyl (C=O) groups is 1. The summed E-state index contributed by atoms with van der Waals surface area (Å²) in [6, 6.07) is 6.88. The van der Waals surface area contributed by atoms with Gasteiger partial charge in [-0.25, -0.2) is 4.79 Å². The molecule has 1 aromatic carbocycles. The van der Waals surface area contributed by atoms with Crippen LogP contribution in [0.25, 0.3) is 10.9 Å². The molecule has 2 unspecified atom stereocenters. The van der Waals surface area contributed by atoms with Crippen LogP contribution in [0.3, 0.4) is 0 Å². The molecule has 140 valence electrons. The molecule has 0 aliphatic rings. The summed E-state index contributed by atoms with van der Waals surface area (Å²) in [4.78, 5) is 13.8. The summed E-state index contributed by atoms with van der Waals surface area (Å²) in [6.45, 7) is 4.75. The van der Waals surface area contributed by atoms with Gasteiger partial charge in [0.05, 0.1) is 4.87 Å². The Bertz CT molecular complexity index is 699. The van der Waals surface area contributed by atoms with Crippen molar-refractivity contribution in [2.24, 2.45) is 0 Å². The summed E-state index contributed by atoms with van der Waals surface area (Å²) in [6.07, 6.45) is 2.32. The quantitative estimate of drug-likeness (QED) is 0.499. The van der Waals surface area contributed by atoms with E-state index < -0.39 is 12.1 Å². The first-order valence-corrected chi connectivity index (χ1v) is 9.07. The lowest BCUT2D eigenvalue weighted by molar-refractivity contribution is 0.0691. The topological polar surface area (TPSA) is 126 Å². The minimum Gasteiger partial charge on any atom is -0.490 e. The number of benzene rings is 1. The van der Waals surface area contributed by atoms with E-state index in [-0.39, 0.29) is 22.6 Å². The summed E-state index contributed by atoms with van der Waals surface area (Å²) < 4.78 is 5.70. The van der Waals surface area contributed by atoms with Gasteiger partial charge in [-0.05, 0) is 37.8 Å². The van der Waals surface area contributed by atoms with E-state index in [1.54, 1.807) is 36.0 Å². The van der Waals surface area contributed by atoms with E-state index in [4.69, 9.17) is 9.84 Å². The van der Waals surface area contributed by atoms with Crippen molar-refractivity contribution < 1.29 is 25.2 Å². The number of carboxylic acid groups (broad SMARTS) is 1. The van der Waals surface area contributed by atoms with Crippen LogP contribution in [-0.2, 0) is 0 Å². The molecule has 2 atom stereocenters. The molecule has 0 saturated carbocycles. The molecule has 0 amide bonds. The van der Waals surface area contributed by atoms with Crippen molar-refractivity contribution in [3.8, 4) is 5.75 Å². The van der Waals surface area contributed by atoms with Crippen molar-refractivity contribution in [2.45, 2.75) is 31.2 Å². The lowest BCUT2D eigenvalue weighted by Crippen LogP contribution is -2.44. The van der Waals surface area contributed by atoms with E-state index >= 15 is 0 Å². The van der Waals surface area contributed by atoms with Crippen LogP contribution in [0.15, 0.2) is 24.3 Å². The molecule has 0 saturated heterocycles. The van der Waals surface area contributed by atoms with E-state index in [9.17, 15) is 9.90 Å². The van der Waals surface area contributed by atoms with Gasteiger partial charge in [-0.2, -0.15) is 0 Å². The smallest absolute Gasteiger partial charge is 0.352 e. The number of aromatic nitrogens is 1. The molecule has 2 aromatic rings. The fourth-order valence-electron chi connectivity index (χ4n) is 2.29. The van der Waals surface area contributed by atoms with Gasteiger partial charge in [0.1, 0.15) is 24.2 Å². The van der Waals surface area contributed by atoms with E-state index in [2.05, 4.69) is 24.1 Å². The monoisotopic (exact) mass is 370 g/mol. The highest BCUT2D eigenvalue weighted by atomic mass is 32.2. The van der Waals surface area contributed by atoms with E-state index in [1.807, 2.05) is 6.26 Å². The van der Waals surface area contributed by atoms with Crippen LogP contribution in [0, 0.1) is 0 Å². The van der Waals surface area contributed by atoms with Gasteiger partial charge in [-0.15, -0.1) is 11.8 Å². The first kappa shape index (κ1) is 21.3. The SMILES string of the molecule is CCC(C)(NCC(O)COc1cccc2[nH]c(C(=O)O)cc12)SC.O. The number of hydrogen-bond donors (Lipinski definition) is 4. The first-order valence-electron chi connectivity index (χ1n) is 7.84. The molecule has 6 N–H and O–H groups in total. The Balaban J connectivity index is 0.00000312. The molecule has 0 aliphatic carbocycles. The van der Waals surface area contributed by atoms with Gasteiger partial charge < -0.3 is 30.7 Å². The highest BCUT2D eigenvalue weighted by Gasteiger charge is 2.21. The largest absolute Gasteiger partial charge is 0.490 e. The molecule has 0 spiro atoms. The van der Waals surface area contributed by atoms with Crippen molar-refractivity contribution in [3.63, 3.8) is 0 Å². The van der Waals surface area contributed by atoms with E-state index in [0.29, 0.717) is 23.2 Å². The zero-order chi connectivity index (χ0) is 17.7. The Morgan fingerprint density at radius 2 is 2.20 bits per heavy atom. The molecule has 1 aromatic heterocycles. The minimum atomic E-state index is -1.02. The highest BCUT2D eigenvalue weighted by molar-refractivity contribution is 7.99. The standard InChI is InChI=1S/C17H24N2O4S.H2O/c1-4-17(2,24-3)18-9-11(20)10-23-15-7-5-6-13-12(15)8-14(19-13)16(21)22;/h5-8,11,18-20H,4,9-10H2,1-3H3,(H,21,22);1H2. The lowest BCUT2D eigenvalue weighted by atomic mass is 10.2. The average Bonchev–Trinajstić information content (AvgIpc) is 3.03. The minimum absolute atomic E-state index is 0. The summed E-state index contributed by atoms with van der Waals surface area (Å²) in [5.41, 5.74) is 0.806. The van der Waals surface area contributed by atoms with Crippen LogP contribution in [0.1, 0.15) is 30.8 Å². The Hall–Kier alpha value is -1.74. The van der Waals surface area contributed by atoms with Crippen molar-refractivity contribution in [1.29, 1.82) is 0 Å². The average molecular weight is 370 g/mol. The molecule has 0 fully saturated rings. The van der Waals surface area contributed by atoms with Gasteiger partial charge in [0.25, 0.3) is 0 Å². The second-order valence-electron chi connectivity index (χ2n) is 5.84. The second-order valence-corrected chi connectivity index (χ2v) is 7.15. The number of aromatic amines is 1. The normalized spacial score (nSPS) is 14.6. The third kappa shape index (κ3) is 5.37. The molecule has 7 nitrogen and oxygen atoms in total. The molecular weight excluding hydrogens is 344 g/mol. The molecule has 0 bridgehead atoms. The van der Waals surface area contributed by atoms with Gasteiger partial charge in [-0.1, -0.05) is 13.0 Å². The number of rotatable bonds is 9. The summed E-state index contributed by atoms with van der Waals surface area (Å²) >= 11 is 1.71. The zero-order valence-electron chi connectivity index (χ0n) is 14.6. The summed E-state index contributed by atoms with van der Waals surface area (Å²) in [7, 11) is 0. The number of aliphatic hydroxyl groups excluding tert-OH is 1. The van der Waals surface area contributed by atoms with E-state index in [0.717, 1.165) is 6.42 Å². The van der Waals surface area contributed by atoms with Crippen LogP contribution in [0.5, 0.6) is 5.75 Å². The van der Waals surface area contributed by atoms with Gasteiger partial charge >= 0.3 is 5.97 Å². The number of fused-ring (bicyclic) bond motifs is 1. The number of ether oxygens (including phenoxy) is 1. The van der Waals surface area contributed by atoms with Crippen LogP contribution >= 0.6 is 11.8 Å². The van der Waals surface area contributed by atoms with E-state index in [1.165, 1.54) is 0 Å². The maximum atomic E-state index is 11.1. The Kier molecular flexibility index (Phi) is 7.75. The number of hydrogen-bond acceptors (Lipinski definition) is 5. The highest BCUT2D eigenvalue weighted by Crippen LogP contribution is 2.27. The Morgan fingerprint density at radius 1 is 1.48 bits per heavy atom. The number of nitrogens with one attached hydrogen (secondary N) is 2. The maximum Gasteiger partial charge on any atom is 0.352 e. The Morgan fingerprint density at radius 3 is 2.80 bits per heavy atom. The van der Waals surface area contributed by atoms with Crippen LogP contribution < -0.4 is 10.1 Å². The van der Waals surface area contributed by atoms with Crippen molar-refractivity contribution in [3.05, 3.63) is 30.0 Å². The molecule has 2 rings (SSSR count). The first-order chi connectivity index (χ1) is 11.4. The molecule has 1 heterocycles. The Labute approximate surface area is 151 Å². The third-order valence-electron chi connectivity index (χ3n) is 4.12. The fraction of sp³-hybridized carbons (Fsp3) is 0.471. The number of carboxylic acids is 1. The zero-order valence-corrected chi connectivity index (χ0v) is 15.4. The number of thioether (sulfide) groups is 1. The van der Waals surface area contributed by atoms with Gasteiger partial charge in [0, 0.05) is 17.4 Å². The van der Waals surface area contributed by atoms with Crippen molar-refractivity contribution >= 4 is 28.6 Å². The summed E-state index contributed by atoms with van der Waals surface area (Å²) in [5, 5.41) is 23.2. The van der Waals surface area contributed by atoms with Gasteiger partial charge in [0.15, 0.2) is 0 Å². The number of aliphatic hydroxyl groups is 1. The van der Waals surface area contributed by atoms with Gasteiger partial charge in [0.2, 0.25) is 0 Å². The third-order valence-corrected chi connectivity index (χ3v) is 5.46. The van der Waals surface area contributed by atoms with Crippen LogP contribution in [0.4, 0.5) is 0 Å². The lowest BCUT2D eigenvalue weighted by Gasteiger charge is -2.28. The van der Waals surface area contributed by atoms with Crippen LogP contribution in [-0.4, -0.2) is 57.0 Å². The summed E-state index contributed by atoms with van der Waals surface area (Å²) in [5.74, 6) is -0.462. The molecule has 0 aliphatic heterocycles. The maximum absolute atomic E-state index is 11.1. The molecular formula is C17H26N2O5S.